The lowest BCUT2D eigenvalue weighted by Crippen LogP contribution is -2.18. The highest BCUT2D eigenvalue weighted by Crippen LogP contribution is 2.36. The van der Waals surface area contributed by atoms with Crippen molar-refractivity contribution in [1.29, 1.82) is 0 Å². The minimum atomic E-state index is -0.289. The number of fused-ring (bicyclic) bond motifs is 1. The summed E-state index contributed by atoms with van der Waals surface area (Å²) in [5, 5.41) is 9.11. The Hall–Kier alpha value is -0.800. The first-order chi connectivity index (χ1) is 6.20. The maximum absolute atomic E-state index is 9.40. The van der Waals surface area contributed by atoms with E-state index in [1.807, 2.05) is 24.3 Å². The van der Waals surface area contributed by atoms with Gasteiger partial charge in [-0.1, -0.05) is 24.3 Å². The van der Waals surface area contributed by atoms with E-state index in [2.05, 4.69) is 12.6 Å². The van der Waals surface area contributed by atoms with Crippen molar-refractivity contribution in [2.75, 3.05) is 0 Å². The molecule has 1 N–H and O–H groups in total. The minimum Gasteiger partial charge on any atom is -0.494 e. The molecule has 1 unspecified atom stereocenters. The van der Waals surface area contributed by atoms with Crippen molar-refractivity contribution in [2.24, 2.45) is 0 Å². The molecule has 2 rings (SSSR count). The lowest BCUT2D eigenvalue weighted by molar-refractivity contribution is 0.284. The number of halogens is 1. The molecule has 0 aliphatic carbocycles. The fraction of sp³-hybridized carbons (Fsp3) is 0.111. The Morgan fingerprint density at radius 2 is 2.08 bits per heavy atom. The lowest BCUT2D eigenvalue weighted by atomic mass is 10.1. The Bertz CT molecular complexity index is 366. The normalized spacial score (nSPS) is 20.9. The number of rotatable bonds is 0. The van der Waals surface area contributed by atoms with Crippen LogP contribution in [0, 0.1) is 0 Å². The molecular formula is C9H8ClNOS. The average Bonchev–Trinajstić information content (AvgIpc) is 2.15. The zero-order chi connectivity index (χ0) is 9.42. The number of thiol groups is 1. The molecule has 0 radical (unpaired) electrons. The summed E-state index contributed by atoms with van der Waals surface area (Å²) in [5.41, 5.74) is 1.95. The molecule has 2 nitrogen and oxygen atoms in total. The largest absolute Gasteiger partial charge is 0.494 e. The molecule has 1 heterocycles. The van der Waals surface area contributed by atoms with E-state index in [1.165, 1.54) is 4.42 Å². The van der Waals surface area contributed by atoms with Crippen molar-refractivity contribution < 1.29 is 5.11 Å². The molecule has 68 valence electrons. The van der Waals surface area contributed by atoms with Gasteiger partial charge in [0.2, 0.25) is 5.88 Å². The molecule has 1 aromatic carbocycles. The van der Waals surface area contributed by atoms with E-state index in [0.29, 0.717) is 0 Å². The smallest absolute Gasteiger partial charge is 0.203 e. The average molecular weight is 214 g/mol. The third-order valence-corrected chi connectivity index (χ3v) is 3.01. The SMILES string of the molecule is OC1=Cc2ccccc2C(S)N1Cl. The summed E-state index contributed by atoms with van der Waals surface area (Å²) in [7, 11) is 0. The third-order valence-electron chi connectivity index (χ3n) is 1.99. The standard InChI is InChI=1S/C9H8ClNOS/c10-11-8(12)5-6-3-1-2-4-7(6)9(11)13/h1-5,9,12-13H. The predicted octanol–water partition coefficient (Wildman–Crippen LogP) is 2.94. The quantitative estimate of drug-likeness (QED) is 0.511. The van der Waals surface area contributed by atoms with Gasteiger partial charge in [0.1, 0.15) is 5.37 Å². The van der Waals surface area contributed by atoms with Crippen LogP contribution in [0.1, 0.15) is 16.5 Å². The summed E-state index contributed by atoms with van der Waals surface area (Å²) >= 11 is 10.1. The minimum absolute atomic E-state index is 0.0281. The highest BCUT2D eigenvalue weighted by Gasteiger charge is 2.23. The Labute approximate surface area is 87.0 Å². The van der Waals surface area contributed by atoms with Gasteiger partial charge in [-0.2, -0.15) is 0 Å². The Morgan fingerprint density at radius 1 is 1.38 bits per heavy atom. The fourth-order valence-corrected chi connectivity index (χ4v) is 1.83. The maximum Gasteiger partial charge on any atom is 0.203 e. The highest BCUT2D eigenvalue weighted by atomic mass is 35.5. The van der Waals surface area contributed by atoms with Crippen molar-refractivity contribution in [2.45, 2.75) is 5.37 Å². The molecule has 0 saturated heterocycles. The fourth-order valence-electron chi connectivity index (χ4n) is 1.33. The second-order valence-electron chi connectivity index (χ2n) is 2.82. The Morgan fingerprint density at radius 3 is 2.85 bits per heavy atom. The number of nitrogens with zero attached hydrogens (tertiary/aromatic N) is 1. The van der Waals surface area contributed by atoms with Crippen LogP contribution in [0.3, 0.4) is 0 Å². The van der Waals surface area contributed by atoms with Crippen LogP contribution < -0.4 is 0 Å². The second kappa shape index (κ2) is 3.16. The molecule has 1 aliphatic heterocycles. The predicted molar refractivity (Wildman–Crippen MR) is 56.5 cm³/mol. The lowest BCUT2D eigenvalue weighted by Gasteiger charge is -2.27. The summed E-state index contributed by atoms with van der Waals surface area (Å²) in [6, 6.07) is 7.68. The summed E-state index contributed by atoms with van der Waals surface area (Å²) in [6.07, 6.45) is 1.62. The van der Waals surface area contributed by atoms with Crippen LogP contribution in [-0.4, -0.2) is 9.53 Å². The van der Waals surface area contributed by atoms with Crippen LogP contribution in [-0.2, 0) is 0 Å². The number of aliphatic hydroxyl groups is 1. The molecule has 0 spiro atoms. The third kappa shape index (κ3) is 1.38. The number of aliphatic hydroxyl groups excluding tert-OH is 1. The van der Waals surface area contributed by atoms with E-state index in [4.69, 9.17) is 11.8 Å². The van der Waals surface area contributed by atoms with Crippen LogP contribution in [0.25, 0.3) is 6.08 Å². The maximum atomic E-state index is 9.40. The molecule has 1 aliphatic rings. The first-order valence-corrected chi connectivity index (χ1v) is 4.68. The molecule has 1 aromatic rings. The van der Waals surface area contributed by atoms with Crippen LogP contribution in [0.5, 0.6) is 0 Å². The first-order valence-electron chi connectivity index (χ1n) is 3.83. The topological polar surface area (TPSA) is 23.5 Å². The van der Waals surface area contributed by atoms with E-state index >= 15 is 0 Å². The van der Waals surface area contributed by atoms with E-state index in [-0.39, 0.29) is 11.3 Å². The summed E-state index contributed by atoms with van der Waals surface area (Å²) < 4.78 is 1.20. The molecule has 0 fully saturated rings. The summed E-state index contributed by atoms with van der Waals surface area (Å²) in [5.74, 6) is 0.0281. The highest BCUT2D eigenvalue weighted by molar-refractivity contribution is 7.80. The zero-order valence-electron chi connectivity index (χ0n) is 6.68. The van der Waals surface area contributed by atoms with Gasteiger partial charge in [0.15, 0.2) is 0 Å². The van der Waals surface area contributed by atoms with Crippen molar-refractivity contribution in [1.82, 2.24) is 4.42 Å². The van der Waals surface area contributed by atoms with Gasteiger partial charge in [-0.25, -0.2) is 4.42 Å². The van der Waals surface area contributed by atoms with E-state index in [1.54, 1.807) is 6.08 Å². The van der Waals surface area contributed by atoms with Crippen LogP contribution >= 0.6 is 24.4 Å². The van der Waals surface area contributed by atoms with Crippen LogP contribution in [0.4, 0.5) is 0 Å². The van der Waals surface area contributed by atoms with E-state index < -0.39 is 0 Å². The van der Waals surface area contributed by atoms with E-state index in [0.717, 1.165) is 11.1 Å². The Kier molecular flexibility index (Phi) is 2.14. The van der Waals surface area contributed by atoms with Crippen molar-refractivity contribution in [3.63, 3.8) is 0 Å². The van der Waals surface area contributed by atoms with Gasteiger partial charge in [-0.15, -0.1) is 12.6 Å². The zero-order valence-corrected chi connectivity index (χ0v) is 8.33. The van der Waals surface area contributed by atoms with Gasteiger partial charge in [-0.05, 0) is 11.1 Å². The van der Waals surface area contributed by atoms with Gasteiger partial charge in [0, 0.05) is 17.9 Å². The van der Waals surface area contributed by atoms with Crippen molar-refractivity contribution in [3.05, 3.63) is 41.3 Å². The molecule has 0 saturated carbocycles. The number of hydrogen-bond donors (Lipinski definition) is 2. The Balaban J connectivity index is 2.56. The second-order valence-corrected chi connectivity index (χ2v) is 3.67. The molecule has 0 aromatic heterocycles. The molecule has 1 atom stereocenters. The monoisotopic (exact) mass is 213 g/mol. The van der Waals surface area contributed by atoms with Gasteiger partial charge in [-0.3, -0.25) is 0 Å². The van der Waals surface area contributed by atoms with Crippen molar-refractivity contribution >= 4 is 30.5 Å². The summed E-state index contributed by atoms with van der Waals surface area (Å²) in [4.78, 5) is 0. The van der Waals surface area contributed by atoms with Crippen LogP contribution in [0.15, 0.2) is 30.1 Å². The summed E-state index contributed by atoms with van der Waals surface area (Å²) in [6.45, 7) is 0. The molecular weight excluding hydrogens is 206 g/mol. The number of hydrogen-bond acceptors (Lipinski definition) is 3. The molecule has 0 amide bonds. The van der Waals surface area contributed by atoms with Crippen molar-refractivity contribution in [3.8, 4) is 0 Å². The van der Waals surface area contributed by atoms with Gasteiger partial charge < -0.3 is 5.11 Å². The van der Waals surface area contributed by atoms with Gasteiger partial charge >= 0.3 is 0 Å². The molecule has 0 bridgehead atoms. The van der Waals surface area contributed by atoms with Crippen LogP contribution in [0.2, 0.25) is 0 Å². The first kappa shape index (κ1) is 8.78. The number of benzene rings is 1. The molecule has 4 heteroatoms. The van der Waals surface area contributed by atoms with Gasteiger partial charge in [0.25, 0.3) is 0 Å². The van der Waals surface area contributed by atoms with Gasteiger partial charge in [0.05, 0.1) is 0 Å². The van der Waals surface area contributed by atoms with E-state index in [9.17, 15) is 5.11 Å². The molecule has 13 heavy (non-hydrogen) atoms.